The van der Waals surface area contributed by atoms with Crippen molar-refractivity contribution in [2.45, 2.75) is 13.8 Å². The molecule has 0 amide bonds. The smallest absolute Gasteiger partial charge is 0.152 e. The van der Waals surface area contributed by atoms with Crippen LogP contribution in [0.1, 0.15) is 17.0 Å². The van der Waals surface area contributed by atoms with Crippen LogP contribution in [-0.2, 0) is 0 Å². The average Bonchev–Trinajstić information content (AvgIpc) is 2.35. The van der Waals surface area contributed by atoms with E-state index in [1.54, 1.807) is 6.92 Å². The van der Waals surface area contributed by atoms with Crippen LogP contribution in [0.15, 0.2) is 24.4 Å². The number of benzene rings is 1. The molecule has 0 fully saturated rings. The van der Waals surface area contributed by atoms with Crippen LogP contribution in [0.5, 0.6) is 0 Å². The third kappa shape index (κ3) is 2.41. The monoisotopic (exact) mass is 258 g/mol. The van der Waals surface area contributed by atoms with E-state index < -0.39 is 0 Å². The summed E-state index contributed by atoms with van der Waals surface area (Å²) in [5.74, 6) is 1.10. The first kappa shape index (κ1) is 12.3. The van der Waals surface area contributed by atoms with Gasteiger partial charge in [-0.05, 0) is 31.5 Å². The first-order valence-corrected chi connectivity index (χ1v) is 5.75. The molecule has 2 rings (SSSR count). The van der Waals surface area contributed by atoms with Gasteiger partial charge in [0.15, 0.2) is 5.82 Å². The molecular weight excluding hydrogens is 248 g/mol. The minimum Gasteiger partial charge on any atom is -0.339 e. The molecule has 1 N–H and O–H groups in total. The van der Waals surface area contributed by atoms with Crippen molar-refractivity contribution >= 4 is 23.1 Å². The van der Waals surface area contributed by atoms with Crippen LogP contribution in [0, 0.1) is 25.2 Å². The van der Waals surface area contributed by atoms with E-state index in [-0.39, 0.29) is 0 Å². The summed E-state index contributed by atoms with van der Waals surface area (Å²) < 4.78 is 0. The number of hydrogen-bond donors (Lipinski definition) is 1. The van der Waals surface area contributed by atoms with Gasteiger partial charge >= 0.3 is 0 Å². The molecule has 1 aromatic heterocycles. The van der Waals surface area contributed by atoms with Gasteiger partial charge < -0.3 is 5.32 Å². The Morgan fingerprint density at radius 2 is 2.11 bits per heavy atom. The minimum atomic E-state index is 0.403. The van der Waals surface area contributed by atoms with Crippen LogP contribution in [0.3, 0.4) is 0 Å². The summed E-state index contributed by atoms with van der Waals surface area (Å²) in [6, 6.07) is 7.61. The predicted molar refractivity (Wildman–Crippen MR) is 71.0 cm³/mol. The van der Waals surface area contributed by atoms with E-state index in [1.165, 1.54) is 6.20 Å². The van der Waals surface area contributed by atoms with Crippen molar-refractivity contribution in [1.29, 1.82) is 5.26 Å². The molecule has 0 unspecified atom stereocenters. The zero-order valence-corrected chi connectivity index (χ0v) is 10.8. The van der Waals surface area contributed by atoms with E-state index in [9.17, 15) is 0 Å². The van der Waals surface area contributed by atoms with E-state index in [0.29, 0.717) is 22.2 Å². The van der Waals surface area contributed by atoms with Crippen LogP contribution in [0.2, 0.25) is 5.02 Å². The Hall–Kier alpha value is -2.12. The molecule has 18 heavy (non-hydrogen) atoms. The van der Waals surface area contributed by atoms with Gasteiger partial charge in [0.2, 0.25) is 0 Å². The number of hydrogen-bond acceptors (Lipinski definition) is 4. The number of aryl methyl sites for hydroxylation is 1. The van der Waals surface area contributed by atoms with E-state index in [0.717, 1.165) is 11.3 Å². The fourth-order valence-electron chi connectivity index (χ4n) is 1.52. The van der Waals surface area contributed by atoms with Crippen LogP contribution in [-0.4, -0.2) is 9.97 Å². The van der Waals surface area contributed by atoms with Gasteiger partial charge in [0.25, 0.3) is 0 Å². The molecule has 0 spiro atoms. The molecule has 4 nitrogen and oxygen atoms in total. The van der Waals surface area contributed by atoms with Gasteiger partial charge in [-0.2, -0.15) is 5.26 Å². The Bertz CT molecular complexity index is 631. The third-order valence-electron chi connectivity index (χ3n) is 2.55. The summed E-state index contributed by atoms with van der Waals surface area (Å²) in [6.07, 6.45) is 1.50. The summed E-state index contributed by atoms with van der Waals surface area (Å²) in [5.41, 5.74) is 2.15. The van der Waals surface area contributed by atoms with Crippen LogP contribution in [0.4, 0.5) is 11.5 Å². The van der Waals surface area contributed by atoms with Crippen LogP contribution < -0.4 is 5.32 Å². The summed E-state index contributed by atoms with van der Waals surface area (Å²) in [6.45, 7) is 3.68. The van der Waals surface area contributed by atoms with Gasteiger partial charge in [0.1, 0.15) is 17.5 Å². The number of nitrogens with zero attached hydrogens (tertiary/aromatic N) is 3. The highest BCUT2D eigenvalue weighted by molar-refractivity contribution is 6.31. The van der Waals surface area contributed by atoms with Gasteiger partial charge in [-0.1, -0.05) is 17.7 Å². The number of nitriles is 1. The fourth-order valence-corrected chi connectivity index (χ4v) is 1.69. The second-order valence-electron chi connectivity index (χ2n) is 3.83. The lowest BCUT2D eigenvalue weighted by molar-refractivity contribution is 1.05. The molecule has 0 aliphatic rings. The molecule has 5 heteroatoms. The highest BCUT2D eigenvalue weighted by Gasteiger charge is 2.08. The molecule has 0 bridgehead atoms. The lowest BCUT2D eigenvalue weighted by Crippen LogP contribution is -2.01. The van der Waals surface area contributed by atoms with Gasteiger partial charge in [-0.3, -0.25) is 0 Å². The number of rotatable bonds is 2. The number of anilines is 2. The minimum absolute atomic E-state index is 0.403. The predicted octanol–water partition coefficient (Wildman–Crippen LogP) is 3.36. The zero-order chi connectivity index (χ0) is 13.1. The summed E-state index contributed by atoms with van der Waals surface area (Å²) >= 11 is 6.05. The summed E-state index contributed by atoms with van der Waals surface area (Å²) in [4.78, 5) is 8.21. The molecule has 2 aromatic rings. The van der Waals surface area contributed by atoms with E-state index in [1.807, 2.05) is 25.1 Å². The van der Waals surface area contributed by atoms with Crippen LogP contribution in [0.25, 0.3) is 0 Å². The molecule has 1 aromatic carbocycles. The van der Waals surface area contributed by atoms with Crippen molar-refractivity contribution in [2.24, 2.45) is 0 Å². The third-order valence-corrected chi connectivity index (χ3v) is 2.96. The highest BCUT2D eigenvalue weighted by Crippen LogP contribution is 2.26. The SMILES string of the molecule is Cc1ncc(C#N)c(Nc2cccc(Cl)c2C)n1. The lowest BCUT2D eigenvalue weighted by Gasteiger charge is -2.11. The molecule has 90 valence electrons. The van der Waals surface area contributed by atoms with E-state index >= 15 is 0 Å². The second-order valence-corrected chi connectivity index (χ2v) is 4.24. The molecule has 0 aliphatic carbocycles. The summed E-state index contributed by atoms with van der Waals surface area (Å²) in [5, 5.41) is 12.8. The Labute approximate surface area is 110 Å². The van der Waals surface area contributed by atoms with Crippen molar-refractivity contribution in [3.05, 3.63) is 46.4 Å². The standard InChI is InChI=1S/C13H11ClN4/c1-8-11(14)4-3-5-12(8)18-13-10(6-15)7-16-9(2)17-13/h3-5,7H,1-2H3,(H,16,17,18). The molecule has 1 heterocycles. The second kappa shape index (κ2) is 5.03. The Kier molecular flexibility index (Phi) is 3.45. The largest absolute Gasteiger partial charge is 0.339 e. The molecule has 0 saturated heterocycles. The van der Waals surface area contributed by atoms with E-state index in [2.05, 4.69) is 21.4 Å². The van der Waals surface area contributed by atoms with Gasteiger partial charge in [-0.25, -0.2) is 9.97 Å². The molecule has 0 aliphatic heterocycles. The first-order chi connectivity index (χ1) is 8.61. The number of halogens is 1. The first-order valence-electron chi connectivity index (χ1n) is 5.37. The van der Waals surface area contributed by atoms with Crippen molar-refractivity contribution in [3.8, 4) is 6.07 Å². The normalized spacial score (nSPS) is 9.89. The quantitative estimate of drug-likeness (QED) is 0.897. The fraction of sp³-hybridized carbons (Fsp3) is 0.154. The maximum Gasteiger partial charge on any atom is 0.152 e. The maximum atomic E-state index is 9.02. The molecule has 0 radical (unpaired) electrons. The Morgan fingerprint density at radius 1 is 1.33 bits per heavy atom. The number of aromatic nitrogens is 2. The average molecular weight is 259 g/mol. The zero-order valence-electron chi connectivity index (χ0n) is 10.0. The lowest BCUT2D eigenvalue weighted by atomic mass is 10.2. The molecule has 0 saturated carbocycles. The maximum absolute atomic E-state index is 9.02. The van der Waals surface area contributed by atoms with Gasteiger partial charge in [0.05, 0.1) is 6.20 Å². The van der Waals surface area contributed by atoms with Crippen LogP contribution >= 0.6 is 11.6 Å². The highest BCUT2D eigenvalue weighted by atomic mass is 35.5. The molecule has 0 atom stereocenters. The van der Waals surface area contributed by atoms with Gasteiger partial charge in [0, 0.05) is 10.7 Å². The topological polar surface area (TPSA) is 61.6 Å². The van der Waals surface area contributed by atoms with Crippen molar-refractivity contribution < 1.29 is 0 Å². The molecular formula is C13H11ClN4. The Morgan fingerprint density at radius 3 is 2.83 bits per heavy atom. The van der Waals surface area contributed by atoms with E-state index in [4.69, 9.17) is 16.9 Å². The van der Waals surface area contributed by atoms with Crippen molar-refractivity contribution in [1.82, 2.24) is 9.97 Å². The number of nitrogens with one attached hydrogen (secondary N) is 1. The van der Waals surface area contributed by atoms with Gasteiger partial charge in [-0.15, -0.1) is 0 Å². The Balaban J connectivity index is 2.43. The van der Waals surface area contributed by atoms with Crippen molar-refractivity contribution in [3.63, 3.8) is 0 Å². The van der Waals surface area contributed by atoms with Crippen molar-refractivity contribution in [2.75, 3.05) is 5.32 Å². The summed E-state index contributed by atoms with van der Waals surface area (Å²) in [7, 11) is 0.